The van der Waals surface area contributed by atoms with Crippen LogP contribution in [0.4, 0.5) is 5.69 Å². The van der Waals surface area contributed by atoms with Crippen molar-refractivity contribution in [2.75, 3.05) is 4.90 Å². The minimum Gasteiger partial charge on any atom is -0.294 e. The third-order valence-electron chi connectivity index (χ3n) is 8.10. The molecule has 3 aliphatic rings. The lowest BCUT2D eigenvalue weighted by Gasteiger charge is -2.43. The largest absolute Gasteiger partial charge is 0.294 e. The first-order valence-electron chi connectivity index (χ1n) is 14.8. The summed E-state index contributed by atoms with van der Waals surface area (Å²) in [6.45, 7) is 3.75. The van der Waals surface area contributed by atoms with Crippen molar-refractivity contribution in [3.63, 3.8) is 0 Å². The molecule has 1 saturated carbocycles. The van der Waals surface area contributed by atoms with Gasteiger partial charge in [0.25, 0.3) is 20.0 Å². The summed E-state index contributed by atoms with van der Waals surface area (Å²) >= 11 is 0. The summed E-state index contributed by atoms with van der Waals surface area (Å²) in [7, 11) is -8.74. The number of sulfonamides is 2. The molecule has 1 aliphatic carbocycles. The topological polar surface area (TPSA) is 87.1 Å². The van der Waals surface area contributed by atoms with Gasteiger partial charge in [-0.2, -0.15) is 8.42 Å². The van der Waals surface area contributed by atoms with E-state index >= 15 is 0 Å². The monoisotopic (exact) mass is 633 g/mol. The van der Waals surface area contributed by atoms with E-state index in [0.29, 0.717) is 22.7 Å². The van der Waals surface area contributed by atoms with Crippen LogP contribution in [0.2, 0.25) is 0 Å². The molecule has 1 fully saturated rings. The zero-order chi connectivity index (χ0) is 31.3. The average Bonchev–Trinajstić information content (AvgIpc) is 3.85. The quantitative estimate of drug-likeness (QED) is 0.223. The molecule has 0 N–H and O–H groups in total. The van der Waals surface area contributed by atoms with Crippen molar-refractivity contribution < 1.29 is 16.8 Å². The first kappa shape index (κ1) is 29.0. The molecule has 0 saturated heterocycles. The SMILES string of the molecule is Cc1ccc(S(=O)(=O)/N=C2\C(c3ccccc3)=C3C=Cc4ccccc4N3/C(=C\C3CC3)N2S(=O)(=O)c2ccc(C)cc2)cc1. The standard InChI is InChI=1S/C36H31N3O4S2/c1-25-12-19-30(20-13-25)44(40,41)37-36-35(29-9-4-3-5-10-29)33-23-18-28-8-6-7-11-32(28)38(33)34(24-27-16-17-27)39(36)45(42,43)31-21-14-26(2)15-22-31/h3-15,18-24,27H,16-17H2,1-2H3/b34-24+,37-36+. The molecule has 0 amide bonds. The molecule has 2 aliphatic heterocycles. The fourth-order valence-electron chi connectivity index (χ4n) is 5.57. The highest BCUT2D eigenvalue weighted by atomic mass is 32.2. The number of anilines is 1. The number of hydrogen-bond donors (Lipinski definition) is 0. The van der Waals surface area contributed by atoms with E-state index in [2.05, 4.69) is 4.40 Å². The lowest BCUT2D eigenvalue weighted by atomic mass is 9.95. The van der Waals surface area contributed by atoms with Crippen molar-refractivity contribution in [2.24, 2.45) is 10.3 Å². The third-order valence-corrected chi connectivity index (χ3v) is 11.1. The van der Waals surface area contributed by atoms with Crippen LogP contribution in [0, 0.1) is 19.8 Å². The highest BCUT2D eigenvalue weighted by Gasteiger charge is 2.45. The van der Waals surface area contributed by atoms with Crippen LogP contribution in [0.25, 0.3) is 11.6 Å². The van der Waals surface area contributed by atoms with E-state index in [-0.39, 0.29) is 21.5 Å². The fourth-order valence-corrected chi connectivity index (χ4v) is 8.05. The normalized spacial score (nSPS) is 18.4. The highest BCUT2D eigenvalue weighted by Crippen LogP contribution is 2.46. The Hall–Kier alpha value is -4.73. The molecule has 0 unspecified atom stereocenters. The maximum Gasteiger partial charge on any atom is 0.284 e. The van der Waals surface area contributed by atoms with E-state index in [9.17, 15) is 16.8 Å². The first-order valence-corrected chi connectivity index (χ1v) is 17.6. The van der Waals surface area contributed by atoms with Crippen LogP contribution in [0.1, 0.15) is 35.1 Å². The molecular formula is C36H31N3O4S2. The van der Waals surface area contributed by atoms with Crippen LogP contribution in [0.15, 0.2) is 141 Å². The molecule has 0 atom stereocenters. The Balaban J connectivity index is 1.60. The molecule has 0 spiro atoms. The molecule has 7 rings (SSSR count). The van der Waals surface area contributed by atoms with E-state index in [1.807, 2.05) is 91.6 Å². The van der Waals surface area contributed by atoms with E-state index in [4.69, 9.17) is 0 Å². The van der Waals surface area contributed by atoms with Crippen molar-refractivity contribution in [2.45, 2.75) is 36.5 Å². The van der Waals surface area contributed by atoms with Gasteiger partial charge >= 0.3 is 0 Å². The van der Waals surface area contributed by atoms with E-state index in [0.717, 1.165) is 39.5 Å². The molecule has 9 heteroatoms. The molecule has 0 radical (unpaired) electrons. The van der Waals surface area contributed by atoms with Crippen LogP contribution < -0.4 is 4.90 Å². The third kappa shape index (κ3) is 5.32. The van der Waals surface area contributed by atoms with E-state index in [1.165, 1.54) is 12.1 Å². The summed E-state index contributed by atoms with van der Waals surface area (Å²) in [6.07, 6.45) is 7.64. The average molecular weight is 634 g/mol. The summed E-state index contributed by atoms with van der Waals surface area (Å²) in [5.41, 5.74) is 5.16. The fraction of sp³-hybridized carbons (Fsp3) is 0.139. The van der Waals surface area contributed by atoms with Crippen molar-refractivity contribution >= 4 is 43.2 Å². The van der Waals surface area contributed by atoms with Crippen LogP contribution in [0.5, 0.6) is 0 Å². The maximum absolute atomic E-state index is 14.9. The molecule has 7 nitrogen and oxygen atoms in total. The molecule has 0 bridgehead atoms. The van der Waals surface area contributed by atoms with Gasteiger partial charge in [0.05, 0.1) is 26.7 Å². The Labute approximate surface area is 264 Å². The van der Waals surface area contributed by atoms with Crippen molar-refractivity contribution in [3.8, 4) is 0 Å². The number of para-hydroxylation sites is 1. The molecule has 2 heterocycles. The number of aryl methyl sites for hydroxylation is 2. The number of rotatable bonds is 6. The second-order valence-electron chi connectivity index (χ2n) is 11.5. The van der Waals surface area contributed by atoms with Gasteiger partial charge in [-0.1, -0.05) is 90.0 Å². The van der Waals surface area contributed by atoms with Gasteiger partial charge in [-0.3, -0.25) is 4.90 Å². The van der Waals surface area contributed by atoms with Crippen molar-refractivity contribution in [3.05, 3.63) is 149 Å². The zero-order valence-electron chi connectivity index (χ0n) is 24.8. The molecular weight excluding hydrogens is 603 g/mol. The molecule has 0 aromatic heterocycles. The highest BCUT2D eigenvalue weighted by molar-refractivity contribution is 7.91. The Morgan fingerprint density at radius 3 is 1.96 bits per heavy atom. The van der Waals surface area contributed by atoms with Crippen molar-refractivity contribution in [1.82, 2.24) is 4.31 Å². The Bertz CT molecular complexity index is 2150. The second kappa shape index (κ2) is 11.0. The Kier molecular flexibility index (Phi) is 7.10. The second-order valence-corrected chi connectivity index (χ2v) is 14.9. The van der Waals surface area contributed by atoms with Gasteiger partial charge in [-0.05, 0) is 86.2 Å². The van der Waals surface area contributed by atoms with E-state index in [1.54, 1.807) is 36.4 Å². The van der Waals surface area contributed by atoms with Crippen LogP contribution in [-0.4, -0.2) is 27.0 Å². The summed E-state index contributed by atoms with van der Waals surface area (Å²) in [4.78, 5) is 1.94. The van der Waals surface area contributed by atoms with Crippen LogP contribution >= 0.6 is 0 Å². The van der Waals surface area contributed by atoms with Gasteiger partial charge < -0.3 is 0 Å². The smallest absolute Gasteiger partial charge is 0.284 e. The predicted octanol–water partition coefficient (Wildman–Crippen LogP) is 7.29. The van der Waals surface area contributed by atoms with Crippen LogP contribution in [-0.2, 0) is 20.0 Å². The number of allylic oxidation sites excluding steroid dienone is 2. The first-order chi connectivity index (χ1) is 21.6. The molecule has 45 heavy (non-hydrogen) atoms. The number of nitrogens with zero attached hydrogens (tertiary/aromatic N) is 3. The minimum absolute atomic E-state index is 0.0228. The van der Waals surface area contributed by atoms with Crippen molar-refractivity contribution in [1.29, 1.82) is 0 Å². The lowest BCUT2D eigenvalue weighted by Crippen LogP contribution is -2.48. The Morgan fingerprint density at radius 1 is 0.711 bits per heavy atom. The van der Waals surface area contributed by atoms with Gasteiger partial charge in [0.2, 0.25) is 0 Å². The molecule has 4 aromatic rings. The minimum atomic E-state index is -4.38. The van der Waals surface area contributed by atoms with Gasteiger partial charge in [-0.25, -0.2) is 12.7 Å². The number of benzene rings is 4. The van der Waals surface area contributed by atoms with Crippen LogP contribution in [0.3, 0.4) is 0 Å². The molecule has 226 valence electrons. The number of hydrogen-bond acceptors (Lipinski definition) is 5. The van der Waals surface area contributed by atoms with Gasteiger partial charge in [0, 0.05) is 0 Å². The molecule has 4 aromatic carbocycles. The maximum atomic E-state index is 14.9. The summed E-state index contributed by atoms with van der Waals surface area (Å²) in [5.74, 6) is 0.301. The number of amidine groups is 1. The number of fused-ring (bicyclic) bond motifs is 3. The predicted molar refractivity (Wildman–Crippen MR) is 178 cm³/mol. The summed E-state index contributed by atoms with van der Waals surface area (Å²) < 4.78 is 63.5. The summed E-state index contributed by atoms with van der Waals surface area (Å²) in [6, 6.07) is 30.0. The summed E-state index contributed by atoms with van der Waals surface area (Å²) in [5, 5.41) is 0. The van der Waals surface area contributed by atoms with E-state index < -0.39 is 20.0 Å². The van der Waals surface area contributed by atoms with Gasteiger partial charge in [0.1, 0.15) is 5.82 Å². The van der Waals surface area contributed by atoms with Gasteiger partial charge in [0.15, 0.2) is 5.84 Å². The van der Waals surface area contributed by atoms with Gasteiger partial charge in [-0.15, -0.1) is 4.40 Å². The lowest BCUT2D eigenvalue weighted by molar-refractivity contribution is 0.548. The Morgan fingerprint density at radius 2 is 1.31 bits per heavy atom. The zero-order valence-corrected chi connectivity index (χ0v) is 26.5.